The molecule has 0 heterocycles. The van der Waals surface area contributed by atoms with Crippen LogP contribution in [0.2, 0.25) is 0 Å². The first-order valence-corrected chi connectivity index (χ1v) is 6.32. The van der Waals surface area contributed by atoms with Gasteiger partial charge in [-0.25, -0.2) is 0 Å². The van der Waals surface area contributed by atoms with Gasteiger partial charge in [-0.15, -0.1) is 0 Å². The highest BCUT2D eigenvalue weighted by atomic mass is 16.4. The molecule has 1 unspecified atom stereocenters. The quantitative estimate of drug-likeness (QED) is 0.755. The summed E-state index contributed by atoms with van der Waals surface area (Å²) in [5, 5.41) is 8.67. The van der Waals surface area contributed by atoms with Crippen LogP contribution in [0.15, 0.2) is 0 Å². The molecule has 0 aromatic rings. The van der Waals surface area contributed by atoms with Crippen LogP contribution in [-0.4, -0.2) is 40.5 Å². The zero-order valence-electron chi connectivity index (χ0n) is 12.1. The molecular formula is C13H26N2O3. The van der Waals surface area contributed by atoms with Gasteiger partial charge in [0.25, 0.3) is 0 Å². The minimum atomic E-state index is -0.895. The van der Waals surface area contributed by atoms with Gasteiger partial charge in [0.05, 0.1) is 6.42 Å². The van der Waals surface area contributed by atoms with Crippen LogP contribution in [0.5, 0.6) is 0 Å². The first kappa shape index (κ1) is 16.9. The first-order chi connectivity index (χ1) is 8.05. The maximum Gasteiger partial charge on any atom is 0.305 e. The van der Waals surface area contributed by atoms with E-state index in [1.54, 1.807) is 4.90 Å². The van der Waals surface area contributed by atoms with Crippen LogP contribution in [-0.2, 0) is 9.59 Å². The van der Waals surface area contributed by atoms with Crippen LogP contribution >= 0.6 is 0 Å². The van der Waals surface area contributed by atoms with Crippen molar-refractivity contribution in [3.63, 3.8) is 0 Å². The minimum Gasteiger partial charge on any atom is -0.481 e. The van der Waals surface area contributed by atoms with Crippen LogP contribution in [0.3, 0.4) is 0 Å². The van der Waals surface area contributed by atoms with Gasteiger partial charge in [-0.2, -0.15) is 0 Å². The number of nitrogens with two attached hydrogens (primary N) is 1. The van der Waals surface area contributed by atoms with Gasteiger partial charge in [0, 0.05) is 25.0 Å². The molecule has 1 amide bonds. The highest BCUT2D eigenvalue weighted by molar-refractivity contribution is 5.78. The van der Waals surface area contributed by atoms with Gasteiger partial charge in [-0.1, -0.05) is 20.8 Å². The molecule has 0 aliphatic rings. The van der Waals surface area contributed by atoms with Gasteiger partial charge < -0.3 is 15.7 Å². The number of hydrogen-bond donors (Lipinski definition) is 2. The molecule has 0 saturated heterocycles. The second-order valence-corrected chi connectivity index (χ2v) is 6.00. The van der Waals surface area contributed by atoms with E-state index in [9.17, 15) is 9.59 Å². The molecule has 0 aliphatic carbocycles. The number of amides is 1. The molecule has 0 aliphatic heterocycles. The molecule has 0 aromatic carbocycles. The summed E-state index contributed by atoms with van der Waals surface area (Å²) in [6.45, 7) is 9.96. The summed E-state index contributed by atoms with van der Waals surface area (Å²) < 4.78 is 0. The van der Waals surface area contributed by atoms with Crippen molar-refractivity contribution in [2.75, 3.05) is 6.54 Å². The van der Waals surface area contributed by atoms with E-state index in [0.717, 1.165) is 0 Å². The van der Waals surface area contributed by atoms with E-state index in [1.807, 2.05) is 34.6 Å². The molecule has 106 valence electrons. The molecule has 1 atom stereocenters. The summed E-state index contributed by atoms with van der Waals surface area (Å²) in [5.41, 5.74) is 5.85. The molecule has 0 rings (SSSR count). The molecule has 5 nitrogen and oxygen atoms in total. The van der Waals surface area contributed by atoms with E-state index in [2.05, 4.69) is 0 Å². The lowest BCUT2D eigenvalue weighted by molar-refractivity contribution is -0.139. The van der Waals surface area contributed by atoms with Crippen LogP contribution < -0.4 is 5.73 Å². The number of carboxylic acid groups (broad SMARTS) is 1. The second-order valence-electron chi connectivity index (χ2n) is 6.00. The highest BCUT2D eigenvalue weighted by Crippen LogP contribution is 2.20. The Morgan fingerprint density at radius 3 is 2.11 bits per heavy atom. The summed E-state index contributed by atoms with van der Waals surface area (Å²) in [4.78, 5) is 24.3. The summed E-state index contributed by atoms with van der Waals surface area (Å²) in [7, 11) is 0. The van der Waals surface area contributed by atoms with Crippen molar-refractivity contribution in [2.45, 2.75) is 59.5 Å². The topological polar surface area (TPSA) is 83.6 Å². The Morgan fingerprint density at radius 2 is 1.78 bits per heavy atom. The second kappa shape index (κ2) is 6.73. The number of rotatable bonds is 6. The first-order valence-electron chi connectivity index (χ1n) is 6.32. The number of carbonyl (C=O) groups is 2. The number of carbonyl (C=O) groups excluding carboxylic acids is 1. The number of aliphatic carboxylic acids is 1. The summed E-state index contributed by atoms with van der Waals surface area (Å²) >= 11 is 0. The van der Waals surface area contributed by atoms with Crippen molar-refractivity contribution in [2.24, 2.45) is 11.1 Å². The van der Waals surface area contributed by atoms with Crippen LogP contribution in [0.4, 0.5) is 0 Å². The monoisotopic (exact) mass is 258 g/mol. The van der Waals surface area contributed by atoms with Gasteiger partial charge >= 0.3 is 5.97 Å². The molecule has 0 fully saturated rings. The van der Waals surface area contributed by atoms with Crippen molar-refractivity contribution < 1.29 is 14.7 Å². The molecule has 0 saturated carbocycles. The Balaban J connectivity index is 4.53. The van der Waals surface area contributed by atoms with E-state index in [-0.39, 0.29) is 42.8 Å². The number of nitrogens with zero attached hydrogens (tertiary/aromatic N) is 1. The Labute approximate surface area is 109 Å². The fourth-order valence-electron chi connectivity index (χ4n) is 1.50. The lowest BCUT2D eigenvalue weighted by Gasteiger charge is -2.31. The lowest BCUT2D eigenvalue weighted by Crippen LogP contribution is -2.44. The van der Waals surface area contributed by atoms with E-state index in [1.165, 1.54) is 0 Å². The normalized spacial score (nSPS) is 13.5. The average Bonchev–Trinajstić information content (AvgIpc) is 2.14. The number of carboxylic acids is 1. The smallest absolute Gasteiger partial charge is 0.305 e. The molecule has 0 spiro atoms. The largest absolute Gasteiger partial charge is 0.481 e. The maximum atomic E-state index is 12.1. The van der Waals surface area contributed by atoms with E-state index >= 15 is 0 Å². The third-order valence-electron chi connectivity index (χ3n) is 3.02. The molecule has 5 heteroatoms. The fourth-order valence-corrected chi connectivity index (χ4v) is 1.50. The third kappa shape index (κ3) is 6.00. The molecular weight excluding hydrogens is 232 g/mol. The zero-order chi connectivity index (χ0) is 14.5. The van der Waals surface area contributed by atoms with E-state index < -0.39 is 5.97 Å². The Kier molecular flexibility index (Phi) is 6.32. The van der Waals surface area contributed by atoms with Crippen molar-refractivity contribution >= 4 is 11.9 Å². The van der Waals surface area contributed by atoms with Gasteiger partial charge in [-0.05, 0) is 19.3 Å². The van der Waals surface area contributed by atoms with Crippen molar-refractivity contribution in [3.8, 4) is 0 Å². The molecule has 0 radical (unpaired) electrons. The van der Waals surface area contributed by atoms with Crippen LogP contribution in [0.1, 0.15) is 47.5 Å². The molecule has 18 heavy (non-hydrogen) atoms. The molecule has 3 N–H and O–H groups in total. The Hall–Kier alpha value is -1.10. The Morgan fingerprint density at radius 1 is 1.28 bits per heavy atom. The van der Waals surface area contributed by atoms with Crippen molar-refractivity contribution in [3.05, 3.63) is 0 Å². The standard InChI is InChI=1S/C13H26N2O3/c1-9(2)15(7-6-12(17)18)11(16)8-10(14)13(3,4)5/h9-10H,6-8,14H2,1-5H3,(H,17,18). The van der Waals surface area contributed by atoms with Gasteiger partial charge in [0.15, 0.2) is 0 Å². The maximum absolute atomic E-state index is 12.1. The van der Waals surface area contributed by atoms with Crippen LogP contribution in [0.25, 0.3) is 0 Å². The van der Waals surface area contributed by atoms with Gasteiger partial charge in [0.2, 0.25) is 5.91 Å². The van der Waals surface area contributed by atoms with Gasteiger partial charge in [0.1, 0.15) is 0 Å². The van der Waals surface area contributed by atoms with Crippen molar-refractivity contribution in [1.29, 1.82) is 0 Å². The highest BCUT2D eigenvalue weighted by Gasteiger charge is 2.26. The third-order valence-corrected chi connectivity index (χ3v) is 3.02. The zero-order valence-corrected chi connectivity index (χ0v) is 12.1. The average molecular weight is 258 g/mol. The Bertz CT molecular complexity index is 295. The van der Waals surface area contributed by atoms with Crippen molar-refractivity contribution in [1.82, 2.24) is 4.90 Å². The van der Waals surface area contributed by atoms with Crippen LogP contribution in [0, 0.1) is 5.41 Å². The number of hydrogen-bond acceptors (Lipinski definition) is 3. The summed E-state index contributed by atoms with van der Waals surface area (Å²) in [6.07, 6.45) is 0.218. The fraction of sp³-hybridized carbons (Fsp3) is 0.846. The molecule has 0 aromatic heterocycles. The summed E-state index contributed by atoms with van der Waals surface area (Å²) in [6, 6.07) is -0.236. The minimum absolute atomic E-state index is 0.0102. The molecule has 0 bridgehead atoms. The SMILES string of the molecule is CC(C)N(CCC(=O)O)C(=O)CC(N)C(C)(C)C. The van der Waals surface area contributed by atoms with Gasteiger partial charge in [-0.3, -0.25) is 9.59 Å². The van der Waals surface area contributed by atoms with E-state index in [0.29, 0.717) is 0 Å². The summed E-state index contributed by atoms with van der Waals surface area (Å²) in [5.74, 6) is -0.970. The predicted molar refractivity (Wildman–Crippen MR) is 71.1 cm³/mol. The predicted octanol–water partition coefficient (Wildman–Crippen LogP) is 1.46. The van der Waals surface area contributed by atoms with E-state index in [4.69, 9.17) is 10.8 Å². The lowest BCUT2D eigenvalue weighted by atomic mass is 9.85.